The molecule has 1 fully saturated rings. The summed E-state index contributed by atoms with van der Waals surface area (Å²) >= 11 is 0. The first-order valence-electron chi connectivity index (χ1n) is 10.7. The van der Waals surface area contributed by atoms with Gasteiger partial charge in [-0.15, -0.1) is 0 Å². The smallest absolute Gasteiger partial charge is 0.408 e. The molecule has 32 heavy (non-hydrogen) atoms. The third kappa shape index (κ3) is 4.78. The van der Waals surface area contributed by atoms with Gasteiger partial charge in [-0.05, 0) is 36.0 Å². The quantitative estimate of drug-likeness (QED) is 0.613. The average molecular weight is 458 g/mol. The van der Waals surface area contributed by atoms with Crippen LogP contribution in [0.3, 0.4) is 0 Å². The van der Waals surface area contributed by atoms with Crippen LogP contribution in [0.4, 0.5) is 0 Å². The Labute approximate surface area is 186 Å². The second-order valence-electron chi connectivity index (χ2n) is 8.64. The summed E-state index contributed by atoms with van der Waals surface area (Å²) in [4.78, 5) is 27.0. The van der Waals surface area contributed by atoms with Crippen LogP contribution in [0, 0.1) is 11.8 Å². The Hall–Kier alpha value is -2.91. The molecule has 9 heteroatoms. The molecule has 8 nitrogen and oxygen atoms in total. The van der Waals surface area contributed by atoms with Crippen molar-refractivity contribution >= 4 is 27.0 Å². The third-order valence-corrected chi connectivity index (χ3v) is 7.17. The zero-order valence-electron chi connectivity index (χ0n) is 18.2. The maximum absolute atomic E-state index is 12.8. The third-order valence-electron chi connectivity index (χ3n) is 5.77. The van der Waals surface area contributed by atoms with Gasteiger partial charge in [-0.1, -0.05) is 44.2 Å². The number of carbonyl (C=O) groups excluding carboxylic acids is 1. The summed E-state index contributed by atoms with van der Waals surface area (Å²) < 4.78 is 34.5. The van der Waals surface area contributed by atoms with Gasteiger partial charge >= 0.3 is 5.76 Å². The summed E-state index contributed by atoms with van der Waals surface area (Å²) in [6.07, 6.45) is 1.08. The number of oxazole rings is 1. The van der Waals surface area contributed by atoms with Crippen LogP contribution in [0.15, 0.2) is 62.6 Å². The Balaban J connectivity index is 1.53. The van der Waals surface area contributed by atoms with Gasteiger partial charge in [0, 0.05) is 25.7 Å². The van der Waals surface area contributed by atoms with Crippen molar-refractivity contribution in [2.24, 2.45) is 11.8 Å². The molecule has 170 valence electrons. The number of amides is 1. The van der Waals surface area contributed by atoms with Crippen LogP contribution in [0.5, 0.6) is 0 Å². The molecule has 0 aliphatic carbocycles. The Kier molecular flexibility index (Phi) is 6.21. The molecule has 4 rings (SSSR count). The molecular weight excluding hydrogens is 430 g/mol. The molecule has 1 aromatic heterocycles. The van der Waals surface area contributed by atoms with Crippen LogP contribution in [0.1, 0.15) is 25.8 Å². The highest BCUT2D eigenvalue weighted by Gasteiger charge is 2.26. The number of carbonyl (C=O) groups is 1. The fraction of sp³-hybridized carbons (Fsp3) is 0.391. The summed E-state index contributed by atoms with van der Waals surface area (Å²) in [6.45, 7) is 5.58. The molecule has 1 saturated heterocycles. The lowest BCUT2D eigenvalue weighted by atomic mass is 9.92. The second kappa shape index (κ2) is 8.91. The standard InChI is InChI=1S/C23H27N3O5S/c1-16-10-17(2)14-25(13-16)22(27)15-26-20-9-8-19(11-21(20)31-23(26)28)32(29,30)24-12-18-6-4-3-5-7-18/h3-9,11,16-17,24H,10,12-15H2,1-2H3/t16-,17-/m0/s1. The number of hydrogen-bond donors (Lipinski definition) is 1. The van der Waals surface area contributed by atoms with E-state index >= 15 is 0 Å². The number of aromatic nitrogens is 1. The van der Waals surface area contributed by atoms with E-state index in [4.69, 9.17) is 4.42 Å². The van der Waals surface area contributed by atoms with E-state index in [2.05, 4.69) is 18.6 Å². The van der Waals surface area contributed by atoms with Crippen LogP contribution in [0.2, 0.25) is 0 Å². The van der Waals surface area contributed by atoms with E-state index in [0.717, 1.165) is 12.0 Å². The summed E-state index contributed by atoms with van der Waals surface area (Å²) in [7, 11) is -3.80. The Morgan fingerprint density at radius 2 is 1.78 bits per heavy atom. The van der Waals surface area contributed by atoms with Gasteiger partial charge in [-0.2, -0.15) is 0 Å². The summed E-state index contributed by atoms with van der Waals surface area (Å²) in [5, 5.41) is 0. The number of piperidine rings is 1. The van der Waals surface area contributed by atoms with E-state index in [0.29, 0.717) is 30.4 Å². The molecule has 0 spiro atoms. The average Bonchev–Trinajstić information content (AvgIpc) is 3.06. The Morgan fingerprint density at radius 3 is 2.47 bits per heavy atom. The lowest BCUT2D eigenvalue weighted by Crippen LogP contribution is -2.44. The predicted octanol–water partition coefficient (Wildman–Crippen LogP) is 2.58. The predicted molar refractivity (Wildman–Crippen MR) is 120 cm³/mol. The number of nitrogens with zero attached hydrogens (tertiary/aromatic N) is 2. The van der Waals surface area contributed by atoms with E-state index in [-0.39, 0.29) is 29.5 Å². The molecule has 0 unspecified atom stereocenters. The van der Waals surface area contributed by atoms with Gasteiger partial charge in [-0.3, -0.25) is 9.36 Å². The van der Waals surface area contributed by atoms with Crippen LogP contribution in [-0.4, -0.2) is 36.9 Å². The van der Waals surface area contributed by atoms with Crippen molar-refractivity contribution in [3.63, 3.8) is 0 Å². The first kappa shape index (κ1) is 22.3. The van der Waals surface area contributed by atoms with Crippen LogP contribution in [-0.2, 0) is 27.9 Å². The molecule has 2 heterocycles. The van der Waals surface area contributed by atoms with Gasteiger partial charge in [0.1, 0.15) is 6.54 Å². The van der Waals surface area contributed by atoms with Crippen LogP contribution >= 0.6 is 0 Å². The minimum absolute atomic E-state index is 0.00756. The zero-order chi connectivity index (χ0) is 22.9. The molecule has 2 atom stereocenters. The number of rotatable bonds is 6. The summed E-state index contributed by atoms with van der Waals surface area (Å²) in [5.41, 5.74) is 1.35. The summed E-state index contributed by atoms with van der Waals surface area (Å²) in [6, 6.07) is 13.4. The Morgan fingerprint density at radius 1 is 1.09 bits per heavy atom. The van der Waals surface area contributed by atoms with Crippen LogP contribution < -0.4 is 10.5 Å². The Bertz CT molecular complexity index is 1270. The molecule has 2 aromatic carbocycles. The largest absolute Gasteiger partial charge is 0.420 e. The fourth-order valence-electron chi connectivity index (χ4n) is 4.32. The number of nitrogens with one attached hydrogen (secondary N) is 1. The lowest BCUT2D eigenvalue weighted by molar-refractivity contribution is -0.134. The van der Waals surface area contributed by atoms with Gasteiger partial charge in [0.15, 0.2) is 5.58 Å². The maximum Gasteiger partial charge on any atom is 0.420 e. The van der Waals surface area contributed by atoms with Crippen molar-refractivity contribution in [1.29, 1.82) is 0 Å². The first-order valence-corrected chi connectivity index (χ1v) is 12.2. The van der Waals surface area contributed by atoms with Gasteiger partial charge in [0.25, 0.3) is 0 Å². The van der Waals surface area contributed by atoms with E-state index < -0.39 is 15.8 Å². The van der Waals surface area contributed by atoms with Gasteiger partial charge in [0.2, 0.25) is 15.9 Å². The number of benzene rings is 2. The zero-order valence-corrected chi connectivity index (χ0v) is 19.0. The first-order chi connectivity index (χ1) is 15.2. The molecule has 3 aromatic rings. The molecule has 0 bridgehead atoms. The highest BCUT2D eigenvalue weighted by molar-refractivity contribution is 7.89. The molecule has 1 aliphatic heterocycles. The van der Waals surface area contributed by atoms with E-state index in [9.17, 15) is 18.0 Å². The van der Waals surface area contributed by atoms with Crippen molar-refractivity contribution in [2.45, 2.75) is 38.3 Å². The monoisotopic (exact) mass is 457 g/mol. The minimum Gasteiger partial charge on any atom is -0.408 e. The number of sulfonamides is 1. The van der Waals surface area contributed by atoms with Crippen molar-refractivity contribution in [3.8, 4) is 0 Å². The minimum atomic E-state index is -3.80. The van der Waals surface area contributed by atoms with E-state index in [1.54, 1.807) is 4.90 Å². The lowest BCUT2D eigenvalue weighted by Gasteiger charge is -2.35. The number of likely N-dealkylation sites (tertiary alicyclic amines) is 1. The van der Waals surface area contributed by atoms with Crippen molar-refractivity contribution in [1.82, 2.24) is 14.2 Å². The van der Waals surface area contributed by atoms with E-state index in [1.165, 1.54) is 22.8 Å². The molecule has 0 radical (unpaired) electrons. The molecule has 1 amide bonds. The van der Waals surface area contributed by atoms with Crippen molar-refractivity contribution in [3.05, 3.63) is 64.6 Å². The fourth-order valence-corrected chi connectivity index (χ4v) is 5.36. The second-order valence-corrected chi connectivity index (χ2v) is 10.4. The SMILES string of the molecule is C[C@H]1C[C@H](C)CN(C(=O)Cn2c(=O)oc3cc(S(=O)(=O)NCc4ccccc4)ccc32)C1. The highest BCUT2D eigenvalue weighted by atomic mass is 32.2. The van der Waals surface area contributed by atoms with Crippen LogP contribution in [0.25, 0.3) is 11.1 Å². The van der Waals surface area contributed by atoms with Crippen molar-refractivity contribution < 1.29 is 17.6 Å². The highest BCUT2D eigenvalue weighted by Crippen LogP contribution is 2.22. The molecule has 1 aliphatic rings. The summed E-state index contributed by atoms with van der Waals surface area (Å²) in [5.74, 6) is 0.000934. The maximum atomic E-state index is 12.8. The molecule has 0 saturated carbocycles. The topological polar surface area (TPSA) is 102 Å². The normalized spacial score (nSPS) is 19.4. The van der Waals surface area contributed by atoms with Gasteiger partial charge in [0.05, 0.1) is 10.4 Å². The molecule has 1 N–H and O–H groups in total. The van der Waals surface area contributed by atoms with Gasteiger partial charge in [-0.25, -0.2) is 17.9 Å². The molecular formula is C23H27N3O5S. The van der Waals surface area contributed by atoms with Crippen molar-refractivity contribution in [2.75, 3.05) is 13.1 Å². The number of hydrogen-bond acceptors (Lipinski definition) is 5. The van der Waals surface area contributed by atoms with E-state index in [1.807, 2.05) is 30.3 Å². The van der Waals surface area contributed by atoms with Gasteiger partial charge < -0.3 is 9.32 Å². The number of fused-ring (bicyclic) bond motifs is 1.